The Bertz CT molecular complexity index is 646. The molecule has 23 heavy (non-hydrogen) atoms. The molecule has 0 spiro atoms. The van der Waals surface area contributed by atoms with E-state index in [0.29, 0.717) is 19.4 Å². The number of carboxylic acid groups (broad SMARTS) is 1. The van der Waals surface area contributed by atoms with Crippen LogP contribution in [0.15, 0.2) is 34.9 Å². The van der Waals surface area contributed by atoms with E-state index < -0.39 is 5.97 Å². The molecule has 1 aromatic carbocycles. The van der Waals surface area contributed by atoms with Crippen LogP contribution in [0.4, 0.5) is 0 Å². The topological polar surface area (TPSA) is 66.6 Å². The Morgan fingerprint density at radius 1 is 1.30 bits per heavy atom. The number of aryl methyl sites for hydroxylation is 1. The van der Waals surface area contributed by atoms with Gasteiger partial charge < -0.3 is 9.63 Å². The van der Waals surface area contributed by atoms with Crippen molar-refractivity contribution in [2.75, 3.05) is 13.1 Å². The van der Waals surface area contributed by atoms with Crippen molar-refractivity contribution < 1.29 is 14.4 Å². The molecule has 0 bridgehead atoms. The van der Waals surface area contributed by atoms with Crippen molar-refractivity contribution in [3.05, 3.63) is 41.7 Å². The molecule has 2 heterocycles. The minimum atomic E-state index is -0.680. The minimum Gasteiger partial charge on any atom is -0.481 e. The van der Waals surface area contributed by atoms with Crippen LogP contribution in [-0.4, -0.2) is 34.2 Å². The molecular formula is C17H21ClN2O3. The van der Waals surface area contributed by atoms with Gasteiger partial charge in [-0.2, -0.15) is 0 Å². The van der Waals surface area contributed by atoms with E-state index in [1.54, 1.807) is 0 Å². The van der Waals surface area contributed by atoms with Crippen LogP contribution in [0.1, 0.15) is 24.2 Å². The second-order valence-electron chi connectivity index (χ2n) is 5.93. The quantitative estimate of drug-likeness (QED) is 0.927. The Labute approximate surface area is 141 Å². The number of likely N-dealkylation sites (tertiary alicyclic amines) is 1. The fraction of sp³-hybridized carbons (Fsp3) is 0.412. The number of rotatable bonds is 4. The van der Waals surface area contributed by atoms with Gasteiger partial charge in [-0.25, -0.2) is 0 Å². The minimum absolute atomic E-state index is 0. The van der Waals surface area contributed by atoms with E-state index in [4.69, 9.17) is 9.63 Å². The molecule has 2 aromatic rings. The first-order chi connectivity index (χ1) is 10.6. The van der Waals surface area contributed by atoms with Gasteiger partial charge in [-0.1, -0.05) is 35.0 Å². The number of aliphatic carboxylic acids is 1. The van der Waals surface area contributed by atoms with Gasteiger partial charge in [0, 0.05) is 11.6 Å². The lowest BCUT2D eigenvalue weighted by atomic mass is 9.97. The third kappa shape index (κ3) is 4.33. The summed E-state index contributed by atoms with van der Waals surface area (Å²) in [7, 11) is 0. The van der Waals surface area contributed by atoms with Gasteiger partial charge in [0.2, 0.25) is 0 Å². The molecule has 1 aliphatic heterocycles. The van der Waals surface area contributed by atoms with Gasteiger partial charge in [-0.3, -0.25) is 9.69 Å². The molecule has 124 valence electrons. The SMILES string of the molecule is Cc1ccc(-c2cc(CN3CCC(C(=O)O)CC3)on2)cc1.Cl. The highest BCUT2D eigenvalue weighted by Gasteiger charge is 2.25. The third-order valence-electron chi connectivity index (χ3n) is 4.22. The molecule has 0 aliphatic carbocycles. The molecule has 0 atom stereocenters. The molecule has 1 fully saturated rings. The van der Waals surface area contributed by atoms with Gasteiger partial charge in [0.15, 0.2) is 5.76 Å². The van der Waals surface area contributed by atoms with Crippen LogP contribution in [0, 0.1) is 12.8 Å². The predicted octanol–water partition coefficient (Wildman–Crippen LogP) is 3.37. The number of halogens is 1. The highest BCUT2D eigenvalue weighted by atomic mass is 35.5. The van der Waals surface area contributed by atoms with Gasteiger partial charge in [0.05, 0.1) is 12.5 Å². The smallest absolute Gasteiger partial charge is 0.306 e. The van der Waals surface area contributed by atoms with Crippen molar-refractivity contribution >= 4 is 18.4 Å². The predicted molar refractivity (Wildman–Crippen MR) is 89.6 cm³/mol. The maximum absolute atomic E-state index is 11.0. The van der Waals surface area contributed by atoms with Gasteiger partial charge >= 0.3 is 5.97 Å². The highest BCUT2D eigenvalue weighted by Crippen LogP contribution is 2.22. The Kier molecular flexibility index (Phi) is 5.80. The molecule has 1 saturated heterocycles. The fourth-order valence-corrected chi connectivity index (χ4v) is 2.81. The number of hydrogen-bond acceptors (Lipinski definition) is 4. The zero-order chi connectivity index (χ0) is 15.5. The Balaban J connectivity index is 0.00000192. The zero-order valence-corrected chi connectivity index (χ0v) is 13.9. The molecule has 1 aromatic heterocycles. The first-order valence-corrected chi connectivity index (χ1v) is 7.59. The van der Waals surface area contributed by atoms with Gasteiger partial charge in [-0.05, 0) is 32.9 Å². The van der Waals surface area contributed by atoms with E-state index in [0.717, 1.165) is 30.1 Å². The number of nitrogens with zero attached hydrogens (tertiary/aromatic N) is 2. The molecule has 1 aliphatic rings. The molecule has 0 amide bonds. The summed E-state index contributed by atoms with van der Waals surface area (Å²) in [5.41, 5.74) is 3.11. The van der Waals surface area contributed by atoms with Crippen molar-refractivity contribution in [1.29, 1.82) is 0 Å². The van der Waals surface area contributed by atoms with Crippen molar-refractivity contribution in [3.63, 3.8) is 0 Å². The summed E-state index contributed by atoms with van der Waals surface area (Å²) in [6, 6.07) is 10.2. The molecular weight excluding hydrogens is 316 g/mol. The Morgan fingerprint density at radius 3 is 2.57 bits per heavy atom. The number of piperidine rings is 1. The van der Waals surface area contributed by atoms with E-state index in [-0.39, 0.29) is 18.3 Å². The van der Waals surface area contributed by atoms with Crippen molar-refractivity contribution in [1.82, 2.24) is 10.1 Å². The number of aromatic nitrogens is 1. The van der Waals surface area contributed by atoms with Crippen LogP contribution in [0.3, 0.4) is 0 Å². The molecule has 3 rings (SSSR count). The lowest BCUT2D eigenvalue weighted by Gasteiger charge is -2.28. The normalized spacial score (nSPS) is 16.0. The number of carbonyl (C=O) groups is 1. The van der Waals surface area contributed by atoms with E-state index in [9.17, 15) is 4.79 Å². The highest BCUT2D eigenvalue weighted by molar-refractivity contribution is 5.85. The van der Waals surface area contributed by atoms with Crippen molar-refractivity contribution in [2.24, 2.45) is 5.92 Å². The maximum Gasteiger partial charge on any atom is 0.306 e. The Morgan fingerprint density at radius 2 is 1.96 bits per heavy atom. The van der Waals surface area contributed by atoms with Gasteiger partial charge in [0.25, 0.3) is 0 Å². The molecule has 0 saturated carbocycles. The van der Waals surface area contributed by atoms with Crippen LogP contribution in [0.5, 0.6) is 0 Å². The van der Waals surface area contributed by atoms with Gasteiger partial charge in [-0.15, -0.1) is 12.4 Å². The summed E-state index contributed by atoms with van der Waals surface area (Å²) in [4.78, 5) is 13.2. The summed E-state index contributed by atoms with van der Waals surface area (Å²) in [6.07, 6.45) is 1.41. The van der Waals surface area contributed by atoms with Crippen molar-refractivity contribution in [2.45, 2.75) is 26.3 Å². The van der Waals surface area contributed by atoms with E-state index >= 15 is 0 Å². The standard InChI is InChI=1S/C17H20N2O3.ClH/c1-12-2-4-13(5-3-12)16-10-15(22-18-16)11-19-8-6-14(7-9-19)17(20)21;/h2-5,10,14H,6-9,11H2,1H3,(H,20,21);1H. The third-order valence-corrected chi connectivity index (χ3v) is 4.22. The second kappa shape index (κ2) is 7.62. The van der Waals surface area contributed by atoms with E-state index in [2.05, 4.69) is 29.1 Å². The van der Waals surface area contributed by atoms with E-state index in [1.807, 2.05) is 18.2 Å². The average molecular weight is 337 g/mol. The summed E-state index contributed by atoms with van der Waals surface area (Å²) >= 11 is 0. The summed E-state index contributed by atoms with van der Waals surface area (Å²) in [6.45, 7) is 4.32. The van der Waals surface area contributed by atoms with Crippen LogP contribution in [-0.2, 0) is 11.3 Å². The first kappa shape index (κ1) is 17.5. The van der Waals surface area contributed by atoms with Crippen LogP contribution in [0.25, 0.3) is 11.3 Å². The molecule has 5 nitrogen and oxygen atoms in total. The number of carboxylic acids is 1. The maximum atomic E-state index is 11.0. The van der Waals surface area contributed by atoms with Crippen LogP contribution >= 0.6 is 12.4 Å². The average Bonchev–Trinajstić information content (AvgIpc) is 2.97. The van der Waals surface area contributed by atoms with Crippen LogP contribution in [0.2, 0.25) is 0 Å². The summed E-state index contributed by atoms with van der Waals surface area (Å²) < 4.78 is 5.42. The summed E-state index contributed by atoms with van der Waals surface area (Å²) in [5, 5.41) is 13.1. The summed E-state index contributed by atoms with van der Waals surface area (Å²) in [5.74, 6) is -0.0561. The zero-order valence-electron chi connectivity index (χ0n) is 13.1. The Hall–Kier alpha value is -1.85. The molecule has 0 unspecified atom stereocenters. The second-order valence-corrected chi connectivity index (χ2v) is 5.93. The largest absolute Gasteiger partial charge is 0.481 e. The number of benzene rings is 1. The lowest BCUT2D eigenvalue weighted by molar-refractivity contribution is -0.143. The lowest BCUT2D eigenvalue weighted by Crippen LogP contribution is -2.35. The fourth-order valence-electron chi connectivity index (χ4n) is 2.81. The van der Waals surface area contributed by atoms with Crippen LogP contribution < -0.4 is 0 Å². The van der Waals surface area contributed by atoms with Crippen molar-refractivity contribution in [3.8, 4) is 11.3 Å². The molecule has 6 heteroatoms. The number of hydrogen-bond donors (Lipinski definition) is 1. The van der Waals surface area contributed by atoms with Gasteiger partial charge in [0.1, 0.15) is 5.69 Å². The monoisotopic (exact) mass is 336 g/mol. The molecule has 0 radical (unpaired) electrons. The molecule has 1 N–H and O–H groups in total. The first-order valence-electron chi connectivity index (χ1n) is 7.59. The van der Waals surface area contributed by atoms with E-state index in [1.165, 1.54) is 5.56 Å².